The van der Waals surface area contributed by atoms with Crippen LogP contribution >= 0.6 is 0 Å². The van der Waals surface area contributed by atoms with Crippen molar-refractivity contribution in [3.05, 3.63) is 28.8 Å². The summed E-state index contributed by atoms with van der Waals surface area (Å²) >= 11 is 0. The molecular formula is C11H10F6O2. The van der Waals surface area contributed by atoms with Crippen molar-refractivity contribution in [2.24, 2.45) is 0 Å². The summed E-state index contributed by atoms with van der Waals surface area (Å²) in [4.78, 5) is 0. The van der Waals surface area contributed by atoms with Crippen molar-refractivity contribution in [3.63, 3.8) is 0 Å². The molecule has 0 saturated carbocycles. The molecule has 0 unspecified atom stereocenters. The molecule has 108 valence electrons. The Balaban J connectivity index is 3.72. The molecule has 8 heteroatoms. The van der Waals surface area contributed by atoms with Gasteiger partial charge in [-0.15, -0.1) is 0 Å². The van der Waals surface area contributed by atoms with Gasteiger partial charge in [-0.05, 0) is 37.1 Å². The minimum Gasteiger partial charge on any atom is -0.508 e. The molecule has 0 spiro atoms. The fourth-order valence-electron chi connectivity index (χ4n) is 1.96. The Kier molecular flexibility index (Phi) is 3.53. The van der Waals surface area contributed by atoms with Crippen molar-refractivity contribution in [1.82, 2.24) is 0 Å². The monoisotopic (exact) mass is 288 g/mol. The van der Waals surface area contributed by atoms with Crippen LogP contribution in [0.2, 0.25) is 0 Å². The summed E-state index contributed by atoms with van der Waals surface area (Å²) in [5, 5.41) is 18.4. The zero-order valence-corrected chi connectivity index (χ0v) is 9.82. The molecule has 0 aliphatic carbocycles. The van der Waals surface area contributed by atoms with E-state index < -0.39 is 40.4 Å². The topological polar surface area (TPSA) is 40.5 Å². The Morgan fingerprint density at radius 1 is 0.842 bits per heavy atom. The van der Waals surface area contributed by atoms with E-state index in [4.69, 9.17) is 5.11 Å². The average molecular weight is 288 g/mol. The number of rotatable bonds is 1. The van der Waals surface area contributed by atoms with E-state index in [1.807, 2.05) is 0 Å². The quantitative estimate of drug-likeness (QED) is 0.778. The molecule has 2 N–H and O–H groups in total. The van der Waals surface area contributed by atoms with E-state index in [1.165, 1.54) is 0 Å². The lowest BCUT2D eigenvalue weighted by Crippen LogP contribution is -2.54. The van der Waals surface area contributed by atoms with Crippen molar-refractivity contribution in [2.75, 3.05) is 0 Å². The zero-order valence-electron chi connectivity index (χ0n) is 9.82. The Bertz CT molecular complexity index is 452. The van der Waals surface area contributed by atoms with E-state index in [9.17, 15) is 31.4 Å². The number of aryl methyl sites for hydroxylation is 2. The SMILES string of the molecule is Cc1cc(O)cc(C)c1C(O)(C(F)(F)F)C(F)(F)F. The Morgan fingerprint density at radius 3 is 1.42 bits per heavy atom. The molecule has 19 heavy (non-hydrogen) atoms. The van der Waals surface area contributed by atoms with Crippen LogP contribution in [0.4, 0.5) is 26.3 Å². The molecule has 0 heterocycles. The van der Waals surface area contributed by atoms with E-state index in [-0.39, 0.29) is 0 Å². The van der Waals surface area contributed by atoms with Crippen molar-refractivity contribution in [2.45, 2.75) is 31.8 Å². The van der Waals surface area contributed by atoms with Crippen LogP contribution in [0.25, 0.3) is 0 Å². The maximum absolute atomic E-state index is 12.7. The number of aromatic hydroxyl groups is 1. The van der Waals surface area contributed by atoms with Crippen LogP contribution in [0.15, 0.2) is 12.1 Å². The fraction of sp³-hybridized carbons (Fsp3) is 0.455. The highest BCUT2D eigenvalue weighted by atomic mass is 19.4. The average Bonchev–Trinajstić information content (AvgIpc) is 2.11. The Hall–Kier alpha value is -1.44. The van der Waals surface area contributed by atoms with Gasteiger partial charge in [-0.25, -0.2) is 0 Å². The molecule has 0 aliphatic heterocycles. The summed E-state index contributed by atoms with van der Waals surface area (Å²) in [7, 11) is 0. The van der Waals surface area contributed by atoms with Crippen molar-refractivity contribution in [3.8, 4) is 5.75 Å². The summed E-state index contributed by atoms with van der Waals surface area (Å²) in [6.07, 6.45) is -11.9. The van der Waals surface area contributed by atoms with Gasteiger partial charge in [-0.3, -0.25) is 0 Å². The summed E-state index contributed by atoms with van der Waals surface area (Å²) in [5.74, 6) is -0.481. The highest BCUT2D eigenvalue weighted by Crippen LogP contribution is 2.52. The summed E-state index contributed by atoms with van der Waals surface area (Å²) in [5.41, 5.74) is -7.29. The van der Waals surface area contributed by atoms with Crippen LogP contribution in [-0.4, -0.2) is 22.6 Å². The Morgan fingerprint density at radius 2 is 1.16 bits per heavy atom. The first-order valence-corrected chi connectivity index (χ1v) is 4.99. The van der Waals surface area contributed by atoms with Gasteiger partial charge in [0, 0.05) is 5.56 Å². The molecule has 1 aromatic carbocycles. The second kappa shape index (κ2) is 4.29. The van der Waals surface area contributed by atoms with Crippen LogP contribution in [0.3, 0.4) is 0 Å². The van der Waals surface area contributed by atoms with Gasteiger partial charge in [0.2, 0.25) is 0 Å². The second-order valence-corrected chi connectivity index (χ2v) is 4.16. The van der Waals surface area contributed by atoms with Gasteiger partial charge in [0.05, 0.1) is 0 Å². The maximum Gasteiger partial charge on any atom is 0.430 e. The van der Waals surface area contributed by atoms with Crippen LogP contribution in [-0.2, 0) is 5.60 Å². The van der Waals surface area contributed by atoms with E-state index in [0.717, 1.165) is 26.0 Å². The summed E-state index contributed by atoms with van der Waals surface area (Å²) in [6, 6.07) is 1.45. The number of hydrogen-bond acceptors (Lipinski definition) is 2. The number of hydrogen-bond donors (Lipinski definition) is 2. The first-order chi connectivity index (χ1) is 8.32. The molecule has 0 aliphatic rings. The van der Waals surface area contributed by atoms with E-state index >= 15 is 0 Å². The highest BCUT2D eigenvalue weighted by Gasteiger charge is 2.72. The molecule has 0 aromatic heterocycles. The fourth-order valence-corrected chi connectivity index (χ4v) is 1.96. The lowest BCUT2D eigenvalue weighted by Gasteiger charge is -2.34. The molecular weight excluding hydrogens is 278 g/mol. The minimum atomic E-state index is -5.93. The van der Waals surface area contributed by atoms with Gasteiger partial charge < -0.3 is 10.2 Å². The predicted octanol–water partition coefficient (Wildman–Crippen LogP) is 3.32. The molecule has 0 saturated heterocycles. The molecule has 0 bridgehead atoms. The van der Waals surface area contributed by atoms with E-state index in [1.54, 1.807) is 0 Å². The molecule has 0 amide bonds. The summed E-state index contributed by atoms with van der Waals surface area (Å²) < 4.78 is 76.3. The van der Waals surface area contributed by atoms with Crippen LogP contribution in [0, 0.1) is 13.8 Å². The molecule has 2 nitrogen and oxygen atoms in total. The third-order valence-corrected chi connectivity index (χ3v) is 2.70. The van der Waals surface area contributed by atoms with Crippen molar-refractivity contribution >= 4 is 0 Å². The van der Waals surface area contributed by atoms with E-state index in [0.29, 0.717) is 0 Å². The van der Waals surface area contributed by atoms with Crippen LogP contribution in [0.5, 0.6) is 5.75 Å². The first kappa shape index (κ1) is 15.6. The Labute approximate surface area is 104 Å². The number of alkyl halides is 6. The van der Waals surface area contributed by atoms with E-state index in [2.05, 4.69) is 0 Å². The molecule has 0 fully saturated rings. The largest absolute Gasteiger partial charge is 0.508 e. The van der Waals surface area contributed by atoms with Crippen molar-refractivity contribution < 1.29 is 36.6 Å². The lowest BCUT2D eigenvalue weighted by atomic mass is 9.85. The van der Waals surface area contributed by atoms with Crippen LogP contribution < -0.4 is 0 Å². The van der Waals surface area contributed by atoms with Gasteiger partial charge >= 0.3 is 12.4 Å². The first-order valence-electron chi connectivity index (χ1n) is 4.99. The van der Waals surface area contributed by atoms with Gasteiger partial charge in [0.25, 0.3) is 5.60 Å². The van der Waals surface area contributed by atoms with Gasteiger partial charge in [0.1, 0.15) is 5.75 Å². The highest BCUT2D eigenvalue weighted by molar-refractivity contribution is 5.45. The maximum atomic E-state index is 12.7. The van der Waals surface area contributed by atoms with Gasteiger partial charge in [-0.1, -0.05) is 0 Å². The number of benzene rings is 1. The zero-order chi connectivity index (χ0) is 15.2. The standard InChI is InChI=1S/C11H10F6O2/c1-5-3-7(18)4-6(2)8(5)9(19,10(12,13)14)11(15,16)17/h3-4,18-19H,1-2H3. The van der Waals surface area contributed by atoms with Crippen molar-refractivity contribution in [1.29, 1.82) is 0 Å². The molecule has 1 rings (SSSR count). The third-order valence-electron chi connectivity index (χ3n) is 2.70. The molecule has 0 atom stereocenters. The second-order valence-electron chi connectivity index (χ2n) is 4.16. The lowest BCUT2D eigenvalue weighted by molar-refractivity contribution is -0.376. The van der Waals surface area contributed by atoms with Gasteiger partial charge in [-0.2, -0.15) is 26.3 Å². The number of phenols is 1. The minimum absolute atomic E-state index is 0.481. The molecule has 1 aromatic rings. The summed E-state index contributed by atoms with van der Waals surface area (Å²) in [6.45, 7) is 1.90. The van der Waals surface area contributed by atoms with Gasteiger partial charge in [0.15, 0.2) is 0 Å². The smallest absolute Gasteiger partial charge is 0.430 e. The number of halogens is 6. The third kappa shape index (κ3) is 2.36. The number of phenolic OH excluding ortho intramolecular Hbond substituents is 1. The molecule has 0 radical (unpaired) electrons. The predicted molar refractivity (Wildman–Crippen MR) is 53.6 cm³/mol. The normalized spacial score (nSPS) is 13.7. The van der Waals surface area contributed by atoms with Crippen LogP contribution in [0.1, 0.15) is 16.7 Å². The number of aliphatic hydroxyl groups is 1.